The van der Waals surface area contributed by atoms with Crippen molar-refractivity contribution in [1.82, 2.24) is 10.2 Å². The number of fused-ring (bicyclic) bond motifs is 1. The van der Waals surface area contributed by atoms with Crippen LogP contribution in [0.3, 0.4) is 0 Å². The highest BCUT2D eigenvalue weighted by molar-refractivity contribution is 5.79. The number of rotatable bonds is 5. The molecule has 0 aromatic heterocycles. The maximum absolute atomic E-state index is 12.2. The maximum atomic E-state index is 12.2. The Hall–Kier alpha value is -1.35. The molecule has 3 nitrogen and oxygen atoms in total. The number of hydrogen-bond acceptors (Lipinski definition) is 2. The van der Waals surface area contributed by atoms with Gasteiger partial charge in [-0.3, -0.25) is 4.79 Å². The van der Waals surface area contributed by atoms with Crippen LogP contribution in [-0.2, 0) is 11.2 Å². The van der Waals surface area contributed by atoms with Crippen molar-refractivity contribution in [2.45, 2.75) is 44.7 Å². The van der Waals surface area contributed by atoms with Crippen LogP contribution in [0.4, 0.5) is 0 Å². The summed E-state index contributed by atoms with van der Waals surface area (Å²) in [6.45, 7) is 3.39. The third kappa shape index (κ3) is 2.66. The largest absolute Gasteiger partial charge is 0.339 e. The number of amides is 1. The van der Waals surface area contributed by atoms with Crippen LogP contribution in [0.15, 0.2) is 24.3 Å². The molecule has 0 aliphatic heterocycles. The minimum atomic E-state index is 0.259. The molecule has 3 heteroatoms. The predicted octanol–water partition coefficient (Wildman–Crippen LogP) is 2.27. The first-order chi connectivity index (χ1) is 9.29. The van der Waals surface area contributed by atoms with Gasteiger partial charge in [0.2, 0.25) is 5.91 Å². The van der Waals surface area contributed by atoms with Crippen molar-refractivity contribution in [3.63, 3.8) is 0 Å². The molecule has 0 spiro atoms. The van der Waals surface area contributed by atoms with Gasteiger partial charge in [-0.05, 0) is 43.7 Å². The number of carbonyl (C=O) groups excluding carboxylic acids is 1. The van der Waals surface area contributed by atoms with Crippen LogP contribution in [0.2, 0.25) is 0 Å². The minimum absolute atomic E-state index is 0.259. The first-order valence-corrected chi connectivity index (χ1v) is 7.40. The van der Waals surface area contributed by atoms with E-state index < -0.39 is 0 Å². The van der Waals surface area contributed by atoms with E-state index in [0.29, 0.717) is 18.6 Å². The number of carbonyl (C=O) groups is 1. The van der Waals surface area contributed by atoms with E-state index in [2.05, 4.69) is 36.5 Å². The first kappa shape index (κ1) is 12.7. The molecule has 19 heavy (non-hydrogen) atoms. The fourth-order valence-electron chi connectivity index (χ4n) is 3.11. The highest BCUT2D eigenvalue weighted by atomic mass is 16.2. The number of nitrogens with one attached hydrogen (secondary N) is 1. The van der Waals surface area contributed by atoms with E-state index in [-0.39, 0.29) is 5.91 Å². The number of likely N-dealkylation sites (N-methyl/N-ethyl adjacent to an activating group) is 1. The molecule has 0 heterocycles. The van der Waals surface area contributed by atoms with Crippen LogP contribution < -0.4 is 5.32 Å². The van der Waals surface area contributed by atoms with Gasteiger partial charge < -0.3 is 10.2 Å². The molecular formula is C16H22N2O. The Balaban J connectivity index is 1.57. The highest BCUT2D eigenvalue weighted by Gasteiger charge is 2.31. The summed E-state index contributed by atoms with van der Waals surface area (Å²) in [5.74, 6) is 0.259. The molecule has 1 amide bonds. The van der Waals surface area contributed by atoms with Crippen LogP contribution in [-0.4, -0.2) is 29.9 Å². The average Bonchev–Trinajstić information content (AvgIpc) is 3.18. The van der Waals surface area contributed by atoms with Crippen molar-refractivity contribution in [2.24, 2.45) is 0 Å². The van der Waals surface area contributed by atoms with E-state index in [9.17, 15) is 4.79 Å². The molecule has 1 atom stereocenters. The molecule has 102 valence electrons. The van der Waals surface area contributed by atoms with Gasteiger partial charge in [-0.25, -0.2) is 0 Å². The van der Waals surface area contributed by atoms with E-state index >= 15 is 0 Å². The van der Waals surface area contributed by atoms with Gasteiger partial charge in [0.1, 0.15) is 0 Å². The summed E-state index contributed by atoms with van der Waals surface area (Å²) in [6.07, 6.45) is 4.61. The van der Waals surface area contributed by atoms with Crippen molar-refractivity contribution in [3.8, 4) is 0 Å². The minimum Gasteiger partial charge on any atom is -0.339 e. The monoisotopic (exact) mass is 258 g/mol. The van der Waals surface area contributed by atoms with E-state index in [1.54, 1.807) is 0 Å². The number of nitrogens with zero attached hydrogens (tertiary/aromatic N) is 1. The molecule has 1 fully saturated rings. The second-order valence-corrected chi connectivity index (χ2v) is 5.58. The van der Waals surface area contributed by atoms with Crippen LogP contribution in [0.25, 0.3) is 0 Å². The Morgan fingerprint density at radius 2 is 2.11 bits per heavy atom. The Bertz CT molecular complexity index is 468. The third-order valence-corrected chi connectivity index (χ3v) is 4.28. The molecule has 0 bridgehead atoms. The molecule has 0 saturated heterocycles. The number of benzene rings is 1. The Morgan fingerprint density at radius 1 is 1.32 bits per heavy atom. The molecule has 1 aromatic rings. The normalized spacial score (nSPS) is 21.2. The lowest BCUT2D eigenvalue weighted by atomic mass is 10.1. The fraction of sp³-hybridized carbons (Fsp3) is 0.562. The average molecular weight is 258 g/mol. The summed E-state index contributed by atoms with van der Waals surface area (Å²) in [5, 5.41) is 3.44. The lowest BCUT2D eigenvalue weighted by Crippen LogP contribution is -2.40. The molecular weight excluding hydrogens is 236 g/mol. The van der Waals surface area contributed by atoms with E-state index in [4.69, 9.17) is 0 Å². The van der Waals surface area contributed by atoms with Crippen molar-refractivity contribution in [1.29, 1.82) is 0 Å². The SMILES string of the molecule is CCN(C(=O)CNC1CCc2ccccc21)C1CC1. The quantitative estimate of drug-likeness (QED) is 0.878. The van der Waals surface area contributed by atoms with Gasteiger partial charge in [0.05, 0.1) is 6.54 Å². The lowest BCUT2D eigenvalue weighted by molar-refractivity contribution is -0.130. The van der Waals surface area contributed by atoms with Crippen LogP contribution >= 0.6 is 0 Å². The zero-order chi connectivity index (χ0) is 13.2. The summed E-state index contributed by atoms with van der Waals surface area (Å²) in [7, 11) is 0. The van der Waals surface area contributed by atoms with Crippen molar-refractivity contribution in [2.75, 3.05) is 13.1 Å². The smallest absolute Gasteiger partial charge is 0.236 e. The van der Waals surface area contributed by atoms with E-state index in [1.165, 1.54) is 24.0 Å². The third-order valence-electron chi connectivity index (χ3n) is 4.28. The predicted molar refractivity (Wildman–Crippen MR) is 75.9 cm³/mol. The second-order valence-electron chi connectivity index (χ2n) is 5.58. The molecule has 1 saturated carbocycles. The van der Waals surface area contributed by atoms with E-state index in [1.807, 2.05) is 4.90 Å². The Kier molecular flexibility index (Phi) is 3.56. The van der Waals surface area contributed by atoms with Crippen molar-refractivity contribution in [3.05, 3.63) is 35.4 Å². The summed E-state index contributed by atoms with van der Waals surface area (Å²) < 4.78 is 0. The van der Waals surface area contributed by atoms with Crippen molar-refractivity contribution < 1.29 is 4.79 Å². The van der Waals surface area contributed by atoms with Gasteiger partial charge in [0, 0.05) is 18.6 Å². The summed E-state index contributed by atoms with van der Waals surface area (Å²) in [4.78, 5) is 14.2. The summed E-state index contributed by atoms with van der Waals surface area (Å²) in [6, 6.07) is 9.44. The van der Waals surface area contributed by atoms with Gasteiger partial charge in [-0.1, -0.05) is 24.3 Å². The number of hydrogen-bond donors (Lipinski definition) is 1. The lowest BCUT2D eigenvalue weighted by Gasteiger charge is -2.22. The van der Waals surface area contributed by atoms with Gasteiger partial charge in [0.15, 0.2) is 0 Å². The molecule has 2 aliphatic carbocycles. The molecule has 1 unspecified atom stereocenters. The van der Waals surface area contributed by atoms with Gasteiger partial charge in [0.25, 0.3) is 0 Å². The van der Waals surface area contributed by atoms with Gasteiger partial charge in [-0.2, -0.15) is 0 Å². The van der Waals surface area contributed by atoms with Gasteiger partial charge in [-0.15, -0.1) is 0 Å². The topological polar surface area (TPSA) is 32.3 Å². The standard InChI is InChI=1S/C16H22N2O/c1-2-18(13-8-9-13)16(19)11-17-15-10-7-12-5-3-4-6-14(12)15/h3-6,13,15,17H,2,7-11H2,1H3. The fourth-order valence-corrected chi connectivity index (χ4v) is 3.11. The molecule has 3 rings (SSSR count). The summed E-state index contributed by atoms with van der Waals surface area (Å²) in [5.41, 5.74) is 2.81. The van der Waals surface area contributed by atoms with Crippen LogP contribution in [0, 0.1) is 0 Å². The molecule has 1 aromatic carbocycles. The van der Waals surface area contributed by atoms with Crippen LogP contribution in [0.1, 0.15) is 43.4 Å². The van der Waals surface area contributed by atoms with Gasteiger partial charge >= 0.3 is 0 Å². The van der Waals surface area contributed by atoms with Crippen molar-refractivity contribution >= 4 is 5.91 Å². The number of aryl methyl sites for hydroxylation is 1. The molecule has 1 N–H and O–H groups in total. The maximum Gasteiger partial charge on any atom is 0.236 e. The Labute approximate surface area is 115 Å². The zero-order valence-corrected chi connectivity index (χ0v) is 11.6. The summed E-state index contributed by atoms with van der Waals surface area (Å²) >= 11 is 0. The van der Waals surface area contributed by atoms with Crippen LogP contribution in [0.5, 0.6) is 0 Å². The van der Waals surface area contributed by atoms with E-state index in [0.717, 1.165) is 19.4 Å². The first-order valence-electron chi connectivity index (χ1n) is 7.40. The second kappa shape index (κ2) is 5.33. The molecule has 0 radical (unpaired) electrons. The highest BCUT2D eigenvalue weighted by Crippen LogP contribution is 2.31. The zero-order valence-electron chi connectivity index (χ0n) is 11.6. The molecule has 2 aliphatic rings. The Morgan fingerprint density at radius 3 is 2.84 bits per heavy atom.